The number of hydrogen-bond acceptors (Lipinski definition) is 3. The lowest BCUT2D eigenvalue weighted by Crippen LogP contribution is -2.25. The van der Waals surface area contributed by atoms with Crippen LogP contribution in [-0.4, -0.2) is 32.0 Å². The van der Waals surface area contributed by atoms with Gasteiger partial charge < -0.3 is 16.0 Å². The van der Waals surface area contributed by atoms with E-state index >= 15 is 0 Å². The largest absolute Gasteiger partial charge is 0.352 e. The summed E-state index contributed by atoms with van der Waals surface area (Å²) < 4.78 is 0. The molecule has 130 valence electrons. The third-order valence-corrected chi connectivity index (χ3v) is 3.35. The second-order valence-corrected chi connectivity index (χ2v) is 5.29. The summed E-state index contributed by atoms with van der Waals surface area (Å²) in [7, 11) is 1.87. The molecule has 2 amide bonds. The van der Waals surface area contributed by atoms with Gasteiger partial charge in [0, 0.05) is 25.1 Å². The average Bonchev–Trinajstić information content (AvgIpc) is 2.54. The Morgan fingerprint density at radius 2 is 1.70 bits per heavy atom. The molecule has 0 saturated carbocycles. The van der Waals surface area contributed by atoms with Gasteiger partial charge in [-0.3, -0.25) is 9.59 Å². The molecule has 0 aromatic heterocycles. The first-order chi connectivity index (χ1) is 10.7. The van der Waals surface area contributed by atoms with E-state index in [2.05, 4.69) is 22.9 Å². The molecule has 0 aliphatic rings. The summed E-state index contributed by atoms with van der Waals surface area (Å²) in [5.74, 6) is 0.00716. The van der Waals surface area contributed by atoms with Gasteiger partial charge in [0.25, 0.3) is 5.91 Å². The summed E-state index contributed by atoms with van der Waals surface area (Å²) in [4.78, 5) is 23.5. The van der Waals surface area contributed by atoms with Gasteiger partial charge in [-0.25, -0.2) is 0 Å². The number of halogens is 1. The molecule has 23 heavy (non-hydrogen) atoms. The smallest absolute Gasteiger partial charge is 0.251 e. The number of carbonyl (C=O) groups excluding carboxylic acids is 2. The van der Waals surface area contributed by atoms with Crippen LogP contribution in [0.3, 0.4) is 0 Å². The Morgan fingerprint density at radius 3 is 2.30 bits per heavy atom. The first-order valence-electron chi connectivity index (χ1n) is 7.95. The highest BCUT2D eigenvalue weighted by molar-refractivity contribution is 5.94. The fraction of sp³-hybridized carbons (Fsp3) is 0.529. The van der Waals surface area contributed by atoms with E-state index in [1.807, 2.05) is 19.2 Å². The minimum atomic E-state index is -0.0453. The SMILES string of the molecule is CCCCNC(=O)c1ccc(CNC(=O)CCCNC)cc1.Cl. The maximum Gasteiger partial charge on any atom is 0.251 e. The fourth-order valence-corrected chi connectivity index (χ4v) is 1.97. The first-order valence-corrected chi connectivity index (χ1v) is 7.95. The molecular weight excluding hydrogens is 314 g/mol. The number of rotatable bonds is 10. The van der Waals surface area contributed by atoms with Gasteiger partial charge in [0.15, 0.2) is 0 Å². The summed E-state index contributed by atoms with van der Waals surface area (Å²) in [6.07, 6.45) is 3.41. The van der Waals surface area contributed by atoms with Gasteiger partial charge in [-0.2, -0.15) is 0 Å². The molecule has 0 aliphatic carbocycles. The van der Waals surface area contributed by atoms with Gasteiger partial charge in [0.2, 0.25) is 5.91 Å². The lowest BCUT2D eigenvalue weighted by atomic mass is 10.1. The lowest BCUT2D eigenvalue weighted by Gasteiger charge is -2.07. The van der Waals surface area contributed by atoms with Crippen molar-refractivity contribution in [3.05, 3.63) is 35.4 Å². The molecule has 0 fully saturated rings. The Labute approximate surface area is 145 Å². The summed E-state index contributed by atoms with van der Waals surface area (Å²) in [5.41, 5.74) is 1.65. The molecule has 5 nitrogen and oxygen atoms in total. The summed E-state index contributed by atoms with van der Waals surface area (Å²) in [6.45, 7) is 4.14. The molecule has 0 bridgehead atoms. The van der Waals surface area contributed by atoms with E-state index in [9.17, 15) is 9.59 Å². The Kier molecular flexibility index (Phi) is 12.0. The fourth-order valence-electron chi connectivity index (χ4n) is 1.97. The zero-order valence-electron chi connectivity index (χ0n) is 14.0. The standard InChI is InChI=1S/C17H27N3O2.ClH/c1-3-4-12-19-17(22)15-9-7-14(8-10-15)13-20-16(21)6-5-11-18-2;/h7-10,18H,3-6,11-13H2,1-2H3,(H,19,22)(H,20,21);1H. The van der Waals surface area contributed by atoms with E-state index in [0.717, 1.165) is 31.4 Å². The second-order valence-electron chi connectivity index (χ2n) is 5.29. The minimum absolute atomic E-state index is 0. The second kappa shape index (κ2) is 12.9. The van der Waals surface area contributed by atoms with E-state index in [1.54, 1.807) is 12.1 Å². The Balaban J connectivity index is 0.00000484. The van der Waals surface area contributed by atoms with Crippen LogP contribution < -0.4 is 16.0 Å². The van der Waals surface area contributed by atoms with Crippen LogP contribution >= 0.6 is 12.4 Å². The molecular formula is C17H28ClN3O2. The number of nitrogens with one attached hydrogen (secondary N) is 3. The Morgan fingerprint density at radius 1 is 1.00 bits per heavy atom. The van der Waals surface area contributed by atoms with Crippen LogP contribution in [0, 0.1) is 0 Å². The molecule has 1 aromatic rings. The molecule has 0 heterocycles. The molecule has 0 aliphatic heterocycles. The molecule has 1 rings (SSSR count). The van der Waals surface area contributed by atoms with Crippen LogP contribution in [-0.2, 0) is 11.3 Å². The van der Waals surface area contributed by atoms with Crippen LogP contribution in [0.4, 0.5) is 0 Å². The number of hydrogen-bond donors (Lipinski definition) is 3. The van der Waals surface area contributed by atoms with Crippen LogP contribution in [0.25, 0.3) is 0 Å². The van der Waals surface area contributed by atoms with Gasteiger partial charge >= 0.3 is 0 Å². The predicted octanol–water partition coefficient (Wildman–Crippen LogP) is 2.25. The molecule has 0 atom stereocenters. The van der Waals surface area contributed by atoms with Gasteiger partial charge in [-0.1, -0.05) is 25.5 Å². The van der Waals surface area contributed by atoms with Crippen molar-refractivity contribution in [2.24, 2.45) is 0 Å². The summed E-state index contributed by atoms with van der Waals surface area (Å²) in [5, 5.41) is 8.78. The quantitative estimate of drug-likeness (QED) is 0.572. The molecule has 6 heteroatoms. The Hall–Kier alpha value is -1.59. The molecule has 0 spiro atoms. The van der Waals surface area contributed by atoms with E-state index in [-0.39, 0.29) is 24.2 Å². The van der Waals surface area contributed by atoms with Crippen molar-refractivity contribution in [2.45, 2.75) is 39.2 Å². The third-order valence-electron chi connectivity index (χ3n) is 3.35. The van der Waals surface area contributed by atoms with Crippen molar-refractivity contribution in [3.8, 4) is 0 Å². The maximum atomic E-state index is 11.9. The average molecular weight is 342 g/mol. The summed E-state index contributed by atoms with van der Waals surface area (Å²) >= 11 is 0. The normalized spacial score (nSPS) is 9.83. The van der Waals surface area contributed by atoms with E-state index in [4.69, 9.17) is 0 Å². The van der Waals surface area contributed by atoms with Gasteiger partial charge in [-0.15, -0.1) is 12.4 Å². The highest BCUT2D eigenvalue weighted by Crippen LogP contribution is 2.05. The zero-order chi connectivity index (χ0) is 16.2. The number of unbranched alkanes of at least 4 members (excludes halogenated alkanes) is 1. The molecule has 1 aromatic carbocycles. The van der Waals surface area contributed by atoms with Crippen molar-refractivity contribution in [1.82, 2.24) is 16.0 Å². The van der Waals surface area contributed by atoms with Crippen LogP contribution in [0.15, 0.2) is 24.3 Å². The monoisotopic (exact) mass is 341 g/mol. The lowest BCUT2D eigenvalue weighted by molar-refractivity contribution is -0.121. The van der Waals surface area contributed by atoms with E-state index in [0.29, 0.717) is 25.1 Å². The first kappa shape index (κ1) is 21.4. The number of benzene rings is 1. The Bertz CT molecular complexity index is 463. The van der Waals surface area contributed by atoms with E-state index in [1.165, 1.54) is 0 Å². The van der Waals surface area contributed by atoms with Crippen LogP contribution in [0.5, 0.6) is 0 Å². The third kappa shape index (κ3) is 9.21. The molecule has 0 saturated heterocycles. The van der Waals surface area contributed by atoms with Gasteiger partial charge in [-0.05, 0) is 44.1 Å². The highest BCUT2D eigenvalue weighted by Gasteiger charge is 2.05. The maximum absolute atomic E-state index is 11.9. The molecule has 0 radical (unpaired) electrons. The minimum Gasteiger partial charge on any atom is -0.352 e. The van der Waals surface area contributed by atoms with Crippen molar-refractivity contribution in [1.29, 1.82) is 0 Å². The highest BCUT2D eigenvalue weighted by atomic mass is 35.5. The van der Waals surface area contributed by atoms with Crippen molar-refractivity contribution in [2.75, 3.05) is 20.1 Å². The van der Waals surface area contributed by atoms with Crippen molar-refractivity contribution in [3.63, 3.8) is 0 Å². The van der Waals surface area contributed by atoms with Gasteiger partial charge in [0.05, 0.1) is 0 Å². The summed E-state index contributed by atoms with van der Waals surface area (Å²) in [6, 6.07) is 7.35. The van der Waals surface area contributed by atoms with Crippen LogP contribution in [0.2, 0.25) is 0 Å². The van der Waals surface area contributed by atoms with Crippen molar-refractivity contribution >= 4 is 24.2 Å². The van der Waals surface area contributed by atoms with Gasteiger partial charge in [0.1, 0.15) is 0 Å². The van der Waals surface area contributed by atoms with Crippen molar-refractivity contribution < 1.29 is 9.59 Å². The predicted molar refractivity (Wildman–Crippen MR) is 95.9 cm³/mol. The number of amides is 2. The molecule has 0 unspecified atom stereocenters. The zero-order valence-corrected chi connectivity index (χ0v) is 14.8. The molecule has 3 N–H and O–H groups in total. The topological polar surface area (TPSA) is 70.2 Å². The van der Waals surface area contributed by atoms with Crippen LogP contribution in [0.1, 0.15) is 48.5 Å². The van der Waals surface area contributed by atoms with E-state index < -0.39 is 0 Å². The number of carbonyl (C=O) groups is 2.